The van der Waals surface area contributed by atoms with E-state index in [-0.39, 0.29) is 11.6 Å². The lowest BCUT2D eigenvalue weighted by Gasteiger charge is -2.02. The first-order valence-corrected chi connectivity index (χ1v) is 8.51. The summed E-state index contributed by atoms with van der Waals surface area (Å²) in [6, 6.07) is 14.0. The van der Waals surface area contributed by atoms with E-state index in [1.165, 1.54) is 23.9 Å². The predicted octanol–water partition coefficient (Wildman–Crippen LogP) is 4.05. The molecule has 0 aliphatic carbocycles. The monoisotopic (exact) mass is 353 g/mol. The number of rotatable bonds is 4. The first kappa shape index (κ1) is 16.9. The van der Waals surface area contributed by atoms with Gasteiger partial charge >= 0.3 is 0 Å². The Morgan fingerprint density at radius 3 is 2.68 bits per heavy atom. The summed E-state index contributed by atoms with van der Waals surface area (Å²) in [5.74, 6) is -0.309. The van der Waals surface area contributed by atoms with Crippen LogP contribution in [0.1, 0.15) is 18.1 Å². The number of carbonyl (C=O) groups is 1. The summed E-state index contributed by atoms with van der Waals surface area (Å²) in [6.07, 6.45) is 2.36. The molecule has 1 saturated heterocycles. The molecule has 1 fully saturated rings. The maximum atomic E-state index is 12.2. The highest BCUT2D eigenvalue weighted by Crippen LogP contribution is 2.31. The Kier molecular flexibility index (Phi) is 4.95. The van der Waals surface area contributed by atoms with Gasteiger partial charge in [0.05, 0.1) is 21.1 Å². The number of para-hydroxylation sites is 2. The summed E-state index contributed by atoms with van der Waals surface area (Å²) in [5.41, 5.74) is 2.24. The number of aliphatic imine (C=N–C) groups is 1. The molecule has 1 amide bonds. The second kappa shape index (κ2) is 7.31. The summed E-state index contributed by atoms with van der Waals surface area (Å²) < 4.78 is 0. The molecule has 1 N–H and O–H groups in total. The molecule has 0 spiro atoms. The lowest BCUT2D eigenvalue weighted by Crippen LogP contribution is -2.19. The lowest BCUT2D eigenvalue weighted by molar-refractivity contribution is -0.385. The number of amidine groups is 1. The highest BCUT2D eigenvalue weighted by atomic mass is 32.2. The van der Waals surface area contributed by atoms with Gasteiger partial charge in [-0.3, -0.25) is 14.9 Å². The molecule has 126 valence electrons. The number of nitro groups is 1. The fourth-order valence-corrected chi connectivity index (χ4v) is 3.25. The van der Waals surface area contributed by atoms with Crippen LogP contribution in [0.4, 0.5) is 11.4 Å². The van der Waals surface area contributed by atoms with Crippen LogP contribution in [0.25, 0.3) is 6.08 Å². The van der Waals surface area contributed by atoms with Gasteiger partial charge in [-0.1, -0.05) is 37.3 Å². The molecule has 1 heterocycles. The third-order valence-corrected chi connectivity index (χ3v) is 4.58. The average Bonchev–Trinajstić information content (AvgIpc) is 2.95. The van der Waals surface area contributed by atoms with Crippen LogP contribution >= 0.6 is 11.8 Å². The Hall–Kier alpha value is -2.93. The predicted molar refractivity (Wildman–Crippen MR) is 99.7 cm³/mol. The fraction of sp³-hybridized carbons (Fsp3) is 0.111. The number of hydrogen-bond acceptors (Lipinski definition) is 5. The van der Waals surface area contributed by atoms with Gasteiger partial charge < -0.3 is 5.32 Å². The van der Waals surface area contributed by atoms with E-state index in [2.05, 4.69) is 10.3 Å². The zero-order chi connectivity index (χ0) is 17.8. The molecule has 0 bridgehead atoms. The molecular weight excluding hydrogens is 338 g/mol. The van der Waals surface area contributed by atoms with Crippen molar-refractivity contribution in [1.29, 1.82) is 0 Å². The van der Waals surface area contributed by atoms with E-state index in [9.17, 15) is 14.9 Å². The van der Waals surface area contributed by atoms with Crippen molar-refractivity contribution in [2.24, 2.45) is 4.99 Å². The normalized spacial score (nSPS) is 17.1. The van der Waals surface area contributed by atoms with Gasteiger partial charge in [0.1, 0.15) is 0 Å². The smallest absolute Gasteiger partial charge is 0.276 e. The van der Waals surface area contributed by atoms with Crippen molar-refractivity contribution >= 4 is 40.3 Å². The molecular formula is C18H15N3O3S. The number of carbonyl (C=O) groups excluding carboxylic acids is 1. The van der Waals surface area contributed by atoms with Gasteiger partial charge in [0.25, 0.3) is 11.6 Å². The van der Waals surface area contributed by atoms with Gasteiger partial charge in [0.2, 0.25) is 0 Å². The van der Waals surface area contributed by atoms with Crippen molar-refractivity contribution in [3.63, 3.8) is 0 Å². The molecule has 0 aromatic heterocycles. The van der Waals surface area contributed by atoms with Gasteiger partial charge in [-0.2, -0.15) is 0 Å². The van der Waals surface area contributed by atoms with Crippen LogP contribution in [0.5, 0.6) is 0 Å². The Balaban J connectivity index is 1.91. The van der Waals surface area contributed by atoms with Gasteiger partial charge in [0, 0.05) is 6.07 Å². The number of hydrogen-bond donors (Lipinski definition) is 1. The number of nitrogens with zero attached hydrogens (tertiary/aromatic N) is 2. The van der Waals surface area contributed by atoms with E-state index in [0.717, 1.165) is 17.7 Å². The largest absolute Gasteiger partial charge is 0.300 e. The van der Waals surface area contributed by atoms with Crippen molar-refractivity contribution in [1.82, 2.24) is 5.32 Å². The minimum atomic E-state index is -0.462. The molecule has 25 heavy (non-hydrogen) atoms. The Morgan fingerprint density at radius 2 is 1.92 bits per heavy atom. The van der Waals surface area contributed by atoms with E-state index in [4.69, 9.17) is 0 Å². The van der Waals surface area contributed by atoms with Crippen LogP contribution in [-0.2, 0) is 11.2 Å². The van der Waals surface area contributed by atoms with Crippen molar-refractivity contribution < 1.29 is 9.72 Å². The van der Waals surface area contributed by atoms with E-state index in [1.807, 2.05) is 31.2 Å². The average molecular weight is 353 g/mol. The van der Waals surface area contributed by atoms with Crippen molar-refractivity contribution in [3.05, 3.63) is 74.7 Å². The maximum absolute atomic E-state index is 12.2. The van der Waals surface area contributed by atoms with Crippen molar-refractivity contribution in [2.75, 3.05) is 0 Å². The molecule has 7 heteroatoms. The van der Waals surface area contributed by atoms with Crippen molar-refractivity contribution in [2.45, 2.75) is 13.3 Å². The lowest BCUT2D eigenvalue weighted by atomic mass is 10.1. The Morgan fingerprint density at radius 1 is 1.20 bits per heavy atom. The van der Waals surface area contributed by atoms with Gasteiger partial charge in [-0.05, 0) is 42.0 Å². The zero-order valence-electron chi connectivity index (χ0n) is 13.4. The number of benzene rings is 2. The summed E-state index contributed by atoms with van der Waals surface area (Å²) >= 11 is 1.18. The number of amides is 1. The van der Waals surface area contributed by atoms with E-state index in [0.29, 0.717) is 15.6 Å². The molecule has 3 rings (SSSR count). The minimum Gasteiger partial charge on any atom is -0.300 e. The van der Waals surface area contributed by atoms with Gasteiger partial charge in [-0.15, -0.1) is 0 Å². The first-order chi connectivity index (χ1) is 12.1. The summed E-state index contributed by atoms with van der Waals surface area (Å²) in [7, 11) is 0. The van der Waals surface area contributed by atoms with Crippen molar-refractivity contribution in [3.8, 4) is 0 Å². The Bertz CT molecular complexity index is 906. The molecule has 1 aliphatic heterocycles. The molecule has 0 radical (unpaired) electrons. The number of nitrogens with one attached hydrogen (secondary N) is 1. The van der Waals surface area contributed by atoms with E-state index >= 15 is 0 Å². The first-order valence-electron chi connectivity index (χ1n) is 7.69. The molecule has 0 atom stereocenters. The fourth-order valence-electron chi connectivity index (χ4n) is 2.43. The maximum Gasteiger partial charge on any atom is 0.276 e. The summed E-state index contributed by atoms with van der Waals surface area (Å²) in [5, 5.41) is 14.3. The van der Waals surface area contributed by atoms with Crippen LogP contribution in [-0.4, -0.2) is 16.0 Å². The third kappa shape index (κ3) is 3.77. The second-order valence-corrected chi connectivity index (χ2v) is 6.31. The quantitative estimate of drug-likeness (QED) is 0.510. The molecule has 1 aliphatic rings. The van der Waals surface area contributed by atoms with Gasteiger partial charge in [-0.25, -0.2) is 4.99 Å². The van der Waals surface area contributed by atoms with Crippen LogP contribution < -0.4 is 5.32 Å². The summed E-state index contributed by atoms with van der Waals surface area (Å²) in [4.78, 5) is 27.7. The van der Waals surface area contributed by atoms with Crippen LogP contribution in [0, 0.1) is 10.1 Å². The number of aryl methyl sites for hydroxylation is 1. The minimum absolute atomic E-state index is 0.0369. The molecule has 0 unspecified atom stereocenters. The zero-order valence-corrected chi connectivity index (χ0v) is 14.2. The number of nitro benzene ring substituents is 1. The molecule has 2 aromatic rings. The van der Waals surface area contributed by atoms with Crippen LogP contribution in [0.15, 0.2) is 58.4 Å². The highest BCUT2D eigenvalue weighted by molar-refractivity contribution is 8.18. The topological polar surface area (TPSA) is 84.6 Å². The number of thioether (sulfide) groups is 1. The second-order valence-electron chi connectivity index (χ2n) is 5.28. The molecule has 2 aromatic carbocycles. The standard InChI is InChI=1S/C18H15N3O3S/c1-2-12-7-3-5-9-14(12)19-18-20-17(22)16(25-18)11-13-8-4-6-10-15(13)21(23)24/h3-11H,2H2,1H3,(H,19,20,22)/b16-11-. The van der Waals surface area contributed by atoms with E-state index in [1.54, 1.807) is 18.2 Å². The van der Waals surface area contributed by atoms with Gasteiger partial charge in [0.15, 0.2) is 5.17 Å². The third-order valence-electron chi connectivity index (χ3n) is 3.67. The Labute approximate surface area is 148 Å². The molecule has 0 saturated carbocycles. The SMILES string of the molecule is CCc1ccccc1N=C1NC(=O)/C(=C/c2ccccc2[N+](=O)[O-])S1. The molecule has 6 nitrogen and oxygen atoms in total. The van der Waals surface area contributed by atoms with Crippen LogP contribution in [0.2, 0.25) is 0 Å². The highest BCUT2D eigenvalue weighted by Gasteiger charge is 2.25. The summed E-state index contributed by atoms with van der Waals surface area (Å²) in [6.45, 7) is 2.04. The van der Waals surface area contributed by atoms with Crippen LogP contribution in [0.3, 0.4) is 0 Å². The van der Waals surface area contributed by atoms with E-state index < -0.39 is 4.92 Å².